The Morgan fingerprint density at radius 1 is 1.26 bits per heavy atom. The molecule has 0 aliphatic carbocycles. The Morgan fingerprint density at radius 3 is 2.63 bits per heavy atom. The van der Waals surface area contributed by atoms with Gasteiger partial charge in [0.1, 0.15) is 18.3 Å². The fraction of sp³-hybridized carbons (Fsp3) is 0.368. The van der Waals surface area contributed by atoms with E-state index >= 15 is 0 Å². The van der Waals surface area contributed by atoms with Crippen LogP contribution in [0.2, 0.25) is 0 Å². The minimum absolute atomic E-state index is 0.101. The summed E-state index contributed by atoms with van der Waals surface area (Å²) < 4.78 is 6.19. The van der Waals surface area contributed by atoms with Gasteiger partial charge in [-0.2, -0.15) is 5.10 Å². The SMILES string of the molecule is COc1cccc(-c2ccc(=O)n(CC(=O)N[C@H](CC(C)C)C(=O)O)n2)c1. The first-order chi connectivity index (χ1) is 12.8. The highest BCUT2D eigenvalue weighted by atomic mass is 16.5. The van der Waals surface area contributed by atoms with E-state index in [0.29, 0.717) is 17.9 Å². The molecule has 0 bridgehead atoms. The highest BCUT2D eigenvalue weighted by Gasteiger charge is 2.21. The number of carbonyl (C=O) groups is 2. The number of carboxylic acid groups (broad SMARTS) is 1. The summed E-state index contributed by atoms with van der Waals surface area (Å²) in [6.07, 6.45) is 0.299. The summed E-state index contributed by atoms with van der Waals surface area (Å²) in [4.78, 5) is 35.5. The zero-order valence-electron chi connectivity index (χ0n) is 15.5. The van der Waals surface area contributed by atoms with Crippen LogP contribution in [0.5, 0.6) is 5.75 Å². The fourth-order valence-electron chi connectivity index (χ4n) is 2.57. The third kappa shape index (κ3) is 5.67. The lowest BCUT2D eigenvalue weighted by atomic mass is 10.0. The summed E-state index contributed by atoms with van der Waals surface area (Å²) in [5.74, 6) is -0.950. The number of nitrogens with one attached hydrogen (secondary N) is 1. The largest absolute Gasteiger partial charge is 0.497 e. The number of nitrogens with zero attached hydrogens (tertiary/aromatic N) is 2. The molecule has 8 heteroatoms. The maximum atomic E-state index is 12.2. The number of carbonyl (C=O) groups excluding carboxylic acids is 1. The van der Waals surface area contributed by atoms with Gasteiger partial charge in [-0.1, -0.05) is 26.0 Å². The summed E-state index contributed by atoms with van der Waals surface area (Å²) in [6, 6.07) is 9.02. The Kier molecular flexibility index (Phi) is 6.70. The first-order valence-electron chi connectivity index (χ1n) is 8.55. The van der Waals surface area contributed by atoms with Gasteiger partial charge in [-0.05, 0) is 30.5 Å². The van der Waals surface area contributed by atoms with Crippen LogP contribution in [0.15, 0.2) is 41.2 Å². The molecule has 1 aromatic carbocycles. The van der Waals surface area contributed by atoms with E-state index in [1.807, 2.05) is 19.9 Å². The van der Waals surface area contributed by atoms with E-state index in [1.165, 1.54) is 6.07 Å². The monoisotopic (exact) mass is 373 g/mol. The molecule has 1 heterocycles. The quantitative estimate of drug-likeness (QED) is 0.726. The van der Waals surface area contributed by atoms with Crippen molar-refractivity contribution in [2.24, 2.45) is 5.92 Å². The predicted molar refractivity (Wildman–Crippen MR) is 99.5 cm³/mol. The van der Waals surface area contributed by atoms with Crippen LogP contribution >= 0.6 is 0 Å². The number of hydrogen-bond donors (Lipinski definition) is 2. The van der Waals surface area contributed by atoms with Gasteiger partial charge in [0.05, 0.1) is 12.8 Å². The first-order valence-corrected chi connectivity index (χ1v) is 8.55. The van der Waals surface area contributed by atoms with Crippen molar-refractivity contribution >= 4 is 11.9 Å². The van der Waals surface area contributed by atoms with Crippen LogP contribution in [0.25, 0.3) is 11.3 Å². The summed E-state index contributed by atoms with van der Waals surface area (Å²) in [5, 5.41) is 15.9. The van der Waals surface area contributed by atoms with E-state index < -0.39 is 23.5 Å². The van der Waals surface area contributed by atoms with E-state index in [9.17, 15) is 19.5 Å². The molecule has 2 N–H and O–H groups in total. The molecule has 0 unspecified atom stereocenters. The Balaban J connectivity index is 2.19. The van der Waals surface area contributed by atoms with Crippen molar-refractivity contribution in [3.05, 3.63) is 46.8 Å². The molecule has 0 aliphatic heterocycles. The molecule has 1 amide bonds. The molecule has 0 saturated carbocycles. The average Bonchev–Trinajstić information content (AvgIpc) is 2.62. The van der Waals surface area contributed by atoms with Crippen LogP contribution in [0, 0.1) is 5.92 Å². The molecular weight excluding hydrogens is 350 g/mol. The van der Waals surface area contributed by atoms with Gasteiger partial charge in [-0.25, -0.2) is 9.48 Å². The van der Waals surface area contributed by atoms with Gasteiger partial charge in [-0.3, -0.25) is 9.59 Å². The zero-order chi connectivity index (χ0) is 20.0. The number of hydrogen-bond acceptors (Lipinski definition) is 5. The standard InChI is InChI=1S/C19H23N3O5/c1-12(2)9-16(19(25)26)20-17(23)11-22-18(24)8-7-15(21-22)13-5-4-6-14(10-13)27-3/h4-8,10,12,16H,9,11H2,1-3H3,(H,20,23)(H,25,26)/t16-/m1/s1. The maximum Gasteiger partial charge on any atom is 0.326 e. The average molecular weight is 373 g/mol. The van der Waals surface area contributed by atoms with Crippen LogP contribution in [-0.2, 0) is 16.1 Å². The molecule has 2 aromatic rings. The van der Waals surface area contributed by atoms with E-state index in [1.54, 1.807) is 31.4 Å². The number of amides is 1. The zero-order valence-corrected chi connectivity index (χ0v) is 15.5. The van der Waals surface area contributed by atoms with Crippen LogP contribution in [0.3, 0.4) is 0 Å². The maximum absolute atomic E-state index is 12.2. The predicted octanol–water partition coefficient (Wildman–Crippen LogP) is 1.53. The lowest BCUT2D eigenvalue weighted by Crippen LogP contribution is -2.44. The molecule has 0 aliphatic rings. The normalized spacial score (nSPS) is 11.9. The van der Waals surface area contributed by atoms with Gasteiger partial charge in [0, 0.05) is 11.6 Å². The van der Waals surface area contributed by atoms with Crippen LogP contribution in [-0.4, -0.2) is 39.9 Å². The Bertz CT molecular complexity index is 876. The van der Waals surface area contributed by atoms with Crippen molar-refractivity contribution in [2.45, 2.75) is 32.9 Å². The summed E-state index contributed by atoms with van der Waals surface area (Å²) in [7, 11) is 1.55. The number of benzene rings is 1. The third-order valence-corrected chi connectivity index (χ3v) is 3.87. The minimum Gasteiger partial charge on any atom is -0.497 e. The number of aliphatic carboxylic acids is 1. The molecule has 8 nitrogen and oxygen atoms in total. The first kappa shape index (κ1) is 20.2. The highest BCUT2D eigenvalue weighted by Crippen LogP contribution is 2.21. The van der Waals surface area contributed by atoms with Crippen molar-refractivity contribution in [3.63, 3.8) is 0 Å². The summed E-state index contributed by atoms with van der Waals surface area (Å²) >= 11 is 0. The molecule has 0 spiro atoms. The van der Waals surface area contributed by atoms with Gasteiger partial charge in [-0.15, -0.1) is 0 Å². The summed E-state index contributed by atoms with van der Waals surface area (Å²) in [6.45, 7) is 3.37. The minimum atomic E-state index is -1.11. The summed E-state index contributed by atoms with van der Waals surface area (Å²) in [5.41, 5.74) is 0.775. The number of rotatable bonds is 8. The number of carboxylic acids is 1. The fourth-order valence-corrected chi connectivity index (χ4v) is 2.57. The second-order valence-corrected chi connectivity index (χ2v) is 6.53. The lowest BCUT2D eigenvalue weighted by Gasteiger charge is -2.16. The van der Waals surface area contributed by atoms with Crippen molar-refractivity contribution < 1.29 is 19.4 Å². The Hall–Kier alpha value is -3.16. The van der Waals surface area contributed by atoms with Gasteiger partial charge in [0.25, 0.3) is 5.56 Å². The third-order valence-electron chi connectivity index (χ3n) is 3.87. The van der Waals surface area contributed by atoms with Gasteiger partial charge < -0.3 is 15.2 Å². The van der Waals surface area contributed by atoms with Crippen molar-refractivity contribution in [2.75, 3.05) is 7.11 Å². The molecule has 0 radical (unpaired) electrons. The molecule has 1 aromatic heterocycles. The highest BCUT2D eigenvalue weighted by molar-refractivity contribution is 5.83. The number of ether oxygens (including phenoxy) is 1. The lowest BCUT2D eigenvalue weighted by molar-refractivity contribution is -0.142. The van der Waals surface area contributed by atoms with Gasteiger partial charge >= 0.3 is 5.97 Å². The van der Waals surface area contributed by atoms with Crippen LogP contribution in [0.1, 0.15) is 20.3 Å². The Morgan fingerprint density at radius 2 is 2.00 bits per heavy atom. The topological polar surface area (TPSA) is 111 Å². The molecule has 144 valence electrons. The van der Waals surface area contributed by atoms with Crippen LogP contribution in [0.4, 0.5) is 0 Å². The smallest absolute Gasteiger partial charge is 0.326 e. The second kappa shape index (κ2) is 8.98. The molecule has 27 heavy (non-hydrogen) atoms. The van der Waals surface area contributed by atoms with Gasteiger partial charge in [0.15, 0.2) is 0 Å². The van der Waals surface area contributed by atoms with E-state index in [4.69, 9.17) is 4.74 Å². The van der Waals surface area contributed by atoms with E-state index in [0.717, 1.165) is 10.2 Å². The number of methoxy groups -OCH3 is 1. The molecule has 1 atom stereocenters. The second-order valence-electron chi connectivity index (χ2n) is 6.53. The van der Waals surface area contributed by atoms with E-state index in [-0.39, 0.29) is 12.5 Å². The van der Waals surface area contributed by atoms with Crippen LogP contribution < -0.4 is 15.6 Å². The molecule has 0 saturated heterocycles. The Labute approximate surface area is 156 Å². The molecular formula is C19H23N3O5. The van der Waals surface area contributed by atoms with E-state index in [2.05, 4.69) is 10.4 Å². The van der Waals surface area contributed by atoms with Gasteiger partial charge in [0.2, 0.25) is 5.91 Å². The molecule has 2 rings (SSSR count). The van der Waals surface area contributed by atoms with Crippen molar-refractivity contribution in [1.29, 1.82) is 0 Å². The van der Waals surface area contributed by atoms with Crippen molar-refractivity contribution in [3.8, 4) is 17.0 Å². The van der Waals surface area contributed by atoms with Crippen molar-refractivity contribution in [1.82, 2.24) is 15.1 Å². The molecule has 0 fully saturated rings. The number of aromatic nitrogens is 2.